The summed E-state index contributed by atoms with van der Waals surface area (Å²) in [4.78, 5) is 27.6. The molecular weight excluding hydrogens is 366 g/mol. The summed E-state index contributed by atoms with van der Waals surface area (Å²) in [5, 5.41) is 5.75. The number of fused-ring (bicyclic) bond motifs is 1. The summed E-state index contributed by atoms with van der Waals surface area (Å²) < 4.78 is 5.35. The second kappa shape index (κ2) is 7.99. The number of anilines is 1. The average Bonchev–Trinajstić information content (AvgIpc) is 3.03. The normalized spacial score (nSPS) is 20.8. The third-order valence-electron chi connectivity index (χ3n) is 5.46. The molecule has 0 bridgehead atoms. The van der Waals surface area contributed by atoms with E-state index in [-0.39, 0.29) is 18.7 Å². The summed E-state index contributed by atoms with van der Waals surface area (Å²) in [5.41, 5.74) is 4.30. The quantitative estimate of drug-likeness (QED) is 0.767. The maximum absolute atomic E-state index is 12.9. The van der Waals surface area contributed by atoms with E-state index in [1.165, 1.54) is 5.56 Å². The van der Waals surface area contributed by atoms with Crippen LogP contribution in [0, 0.1) is 0 Å². The lowest BCUT2D eigenvalue weighted by molar-refractivity contribution is -0.139. The second-order valence-electron chi connectivity index (χ2n) is 7.36. The van der Waals surface area contributed by atoms with Gasteiger partial charge in [0, 0.05) is 11.7 Å². The first-order valence-electron chi connectivity index (χ1n) is 9.95. The van der Waals surface area contributed by atoms with Crippen LogP contribution in [0.1, 0.15) is 31.0 Å². The van der Waals surface area contributed by atoms with E-state index in [1.807, 2.05) is 42.5 Å². The van der Waals surface area contributed by atoms with Crippen molar-refractivity contribution in [2.24, 2.45) is 0 Å². The molecule has 6 nitrogen and oxygen atoms in total. The first-order valence-corrected chi connectivity index (χ1v) is 9.95. The molecule has 2 aliphatic heterocycles. The van der Waals surface area contributed by atoms with E-state index < -0.39 is 12.0 Å². The van der Waals surface area contributed by atoms with Gasteiger partial charge in [-0.05, 0) is 37.5 Å². The second-order valence-corrected chi connectivity index (χ2v) is 7.36. The predicted molar refractivity (Wildman–Crippen MR) is 111 cm³/mol. The molecule has 0 saturated carbocycles. The van der Waals surface area contributed by atoms with Crippen molar-refractivity contribution in [2.45, 2.75) is 32.4 Å². The van der Waals surface area contributed by atoms with Gasteiger partial charge in [0.15, 0.2) is 0 Å². The van der Waals surface area contributed by atoms with Crippen LogP contribution in [0.25, 0.3) is 0 Å². The molecule has 0 unspecified atom stereocenters. The standard InChI is InChI=1S/C23H25N3O3/c1-3-29-22(27)20-18(14-26-15(2)13-17-11-7-8-12-19(17)26)24-23(28)25-21(20)16-9-5-4-6-10-16/h4-12,15,21H,3,13-14H2,1-2H3,(H2,24,25,28)/t15-,21+/m1/s1. The number of hydrogen-bond acceptors (Lipinski definition) is 4. The van der Waals surface area contributed by atoms with Crippen molar-refractivity contribution in [1.82, 2.24) is 10.6 Å². The molecule has 2 amide bonds. The molecule has 2 atom stereocenters. The Labute approximate surface area is 170 Å². The molecule has 150 valence electrons. The number of ether oxygens (including phenoxy) is 1. The highest BCUT2D eigenvalue weighted by molar-refractivity contribution is 5.95. The summed E-state index contributed by atoms with van der Waals surface area (Å²) in [6, 6.07) is 17.2. The van der Waals surface area contributed by atoms with Gasteiger partial charge in [0.25, 0.3) is 0 Å². The Morgan fingerprint density at radius 2 is 1.86 bits per heavy atom. The first-order chi connectivity index (χ1) is 14.1. The zero-order valence-electron chi connectivity index (χ0n) is 16.6. The molecule has 2 aliphatic rings. The van der Waals surface area contributed by atoms with Crippen LogP contribution in [-0.2, 0) is 16.0 Å². The van der Waals surface area contributed by atoms with Crippen LogP contribution in [-0.4, -0.2) is 31.2 Å². The van der Waals surface area contributed by atoms with Gasteiger partial charge in [0.1, 0.15) is 0 Å². The van der Waals surface area contributed by atoms with Crippen LogP contribution in [0.2, 0.25) is 0 Å². The van der Waals surface area contributed by atoms with Crippen LogP contribution in [0.3, 0.4) is 0 Å². The molecule has 2 heterocycles. The highest BCUT2D eigenvalue weighted by Gasteiger charge is 2.36. The molecule has 0 spiro atoms. The summed E-state index contributed by atoms with van der Waals surface area (Å²) >= 11 is 0. The predicted octanol–water partition coefficient (Wildman–Crippen LogP) is 3.31. The van der Waals surface area contributed by atoms with Gasteiger partial charge in [-0.25, -0.2) is 9.59 Å². The average molecular weight is 391 g/mol. The van der Waals surface area contributed by atoms with Crippen LogP contribution in [0.15, 0.2) is 65.9 Å². The highest BCUT2D eigenvalue weighted by atomic mass is 16.5. The number of rotatable bonds is 5. The lowest BCUT2D eigenvalue weighted by Gasteiger charge is -2.33. The summed E-state index contributed by atoms with van der Waals surface area (Å²) in [6.45, 7) is 4.64. The van der Waals surface area contributed by atoms with Gasteiger partial charge >= 0.3 is 12.0 Å². The molecule has 0 aromatic heterocycles. The number of hydrogen-bond donors (Lipinski definition) is 2. The third-order valence-corrected chi connectivity index (χ3v) is 5.46. The van der Waals surface area contributed by atoms with Gasteiger partial charge in [-0.1, -0.05) is 48.5 Å². The fraction of sp³-hybridized carbons (Fsp3) is 0.304. The number of nitrogens with one attached hydrogen (secondary N) is 2. The Balaban J connectivity index is 1.76. The molecular formula is C23H25N3O3. The van der Waals surface area contributed by atoms with Crippen molar-refractivity contribution >= 4 is 17.7 Å². The number of nitrogens with zero attached hydrogens (tertiary/aromatic N) is 1. The van der Waals surface area contributed by atoms with Crippen LogP contribution in [0.5, 0.6) is 0 Å². The fourth-order valence-electron chi connectivity index (χ4n) is 4.13. The highest BCUT2D eigenvalue weighted by Crippen LogP contribution is 2.34. The number of para-hydroxylation sites is 1. The molecule has 0 aliphatic carbocycles. The van der Waals surface area contributed by atoms with Crippen LogP contribution in [0.4, 0.5) is 10.5 Å². The van der Waals surface area contributed by atoms with Gasteiger partial charge in [-0.15, -0.1) is 0 Å². The number of benzene rings is 2. The Bertz CT molecular complexity index is 955. The molecule has 6 heteroatoms. The van der Waals surface area contributed by atoms with E-state index >= 15 is 0 Å². The molecule has 29 heavy (non-hydrogen) atoms. The van der Waals surface area contributed by atoms with Gasteiger partial charge in [0.2, 0.25) is 0 Å². The van der Waals surface area contributed by atoms with Crippen molar-refractivity contribution in [3.8, 4) is 0 Å². The number of urea groups is 1. The molecule has 0 saturated heterocycles. The van der Waals surface area contributed by atoms with E-state index in [2.05, 4.69) is 34.6 Å². The number of carbonyl (C=O) groups excluding carboxylic acids is 2. The van der Waals surface area contributed by atoms with Crippen molar-refractivity contribution in [3.05, 3.63) is 77.0 Å². The maximum Gasteiger partial charge on any atom is 0.338 e. The fourth-order valence-corrected chi connectivity index (χ4v) is 4.13. The maximum atomic E-state index is 12.9. The SMILES string of the molecule is CCOC(=O)C1=C(CN2c3ccccc3C[C@H]2C)NC(=O)N[C@H]1c1ccccc1. The Kier molecular flexibility index (Phi) is 5.25. The molecule has 4 rings (SSSR count). The van der Waals surface area contributed by atoms with Crippen molar-refractivity contribution < 1.29 is 14.3 Å². The Hall–Kier alpha value is -3.28. The Morgan fingerprint density at radius 3 is 2.62 bits per heavy atom. The number of esters is 1. The Morgan fingerprint density at radius 1 is 1.14 bits per heavy atom. The third kappa shape index (κ3) is 3.70. The van der Waals surface area contributed by atoms with E-state index in [9.17, 15) is 9.59 Å². The van der Waals surface area contributed by atoms with Gasteiger partial charge in [0.05, 0.1) is 30.5 Å². The monoisotopic (exact) mass is 391 g/mol. The lowest BCUT2D eigenvalue weighted by Crippen LogP contribution is -2.49. The van der Waals surface area contributed by atoms with Gasteiger partial charge < -0.3 is 20.3 Å². The minimum absolute atomic E-state index is 0.269. The molecule has 2 aromatic rings. The number of carbonyl (C=O) groups is 2. The molecule has 2 N–H and O–H groups in total. The van der Waals surface area contributed by atoms with Crippen molar-refractivity contribution in [2.75, 3.05) is 18.1 Å². The topological polar surface area (TPSA) is 70.7 Å². The smallest absolute Gasteiger partial charge is 0.338 e. The van der Waals surface area contributed by atoms with E-state index in [4.69, 9.17) is 4.74 Å². The first kappa shape index (κ1) is 19.1. The zero-order valence-corrected chi connectivity index (χ0v) is 16.6. The summed E-state index contributed by atoms with van der Waals surface area (Å²) in [6.07, 6.45) is 0.937. The van der Waals surface area contributed by atoms with Crippen molar-refractivity contribution in [3.63, 3.8) is 0 Å². The summed E-state index contributed by atoms with van der Waals surface area (Å²) in [5.74, 6) is -0.413. The molecule has 0 radical (unpaired) electrons. The zero-order chi connectivity index (χ0) is 20.4. The van der Waals surface area contributed by atoms with Crippen LogP contribution < -0.4 is 15.5 Å². The minimum atomic E-state index is -0.549. The number of amides is 2. The minimum Gasteiger partial charge on any atom is -0.463 e. The van der Waals surface area contributed by atoms with Gasteiger partial charge in [-0.3, -0.25) is 0 Å². The summed E-state index contributed by atoms with van der Waals surface area (Å²) in [7, 11) is 0. The van der Waals surface area contributed by atoms with Gasteiger partial charge in [-0.2, -0.15) is 0 Å². The lowest BCUT2D eigenvalue weighted by atomic mass is 9.95. The largest absolute Gasteiger partial charge is 0.463 e. The molecule has 0 fully saturated rings. The van der Waals surface area contributed by atoms with Crippen LogP contribution >= 0.6 is 0 Å². The van der Waals surface area contributed by atoms with E-state index in [0.29, 0.717) is 17.8 Å². The molecule has 2 aromatic carbocycles. The van der Waals surface area contributed by atoms with E-state index in [0.717, 1.165) is 17.7 Å². The van der Waals surface area contributed by atoms with E-state index in [1.54, 1.807) is 6.92 Å². The van der Waals surface area contributed by atoms with Crippen molar-refractivity contribution in [1.29, 1.82) is 0 Å².